The number of methoxy groups -OCH3 is 1. The van der Waals surface area contributed by atoms with Gasteiger partial charge in [-0.25, -0.2) is 0 Å². The average Bonchev–Trinajstić information content (AvgIpc) is 2.16. The average molecular weight is 195 g/mol. The van der Waals surface area contributed by atoms with Gasteiger partial charge in [0.2, 0.25) is 0 Å². The zero-order chi connectivity index (χ0) is 10.6. The van der Waals surface area contributed by atoms with Crippen molar-refractivity contribution < 1.29 is 14.3 Å². The lowest BCUT2D eigenvalue weighted by molar-refractivity contribution is -0.131. The van der Waals surface area contributed by atoms with Crippen LogP contribution in [0.4, 0.5) is 0 Å². The third-order valence-electron chi connectivity index (χ3n) is 1.75. The second kappa shape index (κ2) is 4.62. The molecule has 0 atom stereocenters. The molecule has 0 aliphatic rings. The summed E-state index contributed by atoms with van der Waals surface area (Å²) in [5, 5.41) is 0. The molecule has 0 aromatic heterocycles. The van der Waals surface area contributed by atoms with Crippen molar-refractivity contribution in [3.05, 3.63) is 23.8 Å². The minimum Gasteiger partial charge on any atom is -0.497 e. The van der Waals surface area contributed by atoms with Gasteiger partial charge < -0.3 is 15.2 Å². The van der Waals surface area contributed by atoms with Gasteiger partial charge in [-0.15, -0.1) is 0 Å². The molecule has 0 aliphatic carbocycles. The van der Waals surface area contributed by atoms with Crippen molar-refractivity contribution in [3.63, 3.8) is 0 Å². The van der Waals surface area contributed by atoms with E-state index in [1.807, 2.05) is 0 Å². The zero-order valence-electron chi connectivity index (χ0n) is 8.24. The van der Waals surface area contributed by atoms with Gasteiger partial charge in [-0.3, -0.25) is 4.79 Å². The van der Waals surface area contributed by atoms with Gasteiger partial charge in [0.1, 0.15) is 11.5 Å². The number of esters is 1. The van der Waals surface area contributed by atoms with Gasteiger partial charge in [0.05, 0.1) is 7.11 Å². The normalized spacial score (nSPS) is 9.64. The summed E-state index contributed by atoms with van der Waals surface area (Å²) in [5.74, 6) is 0.728. The minimum atomic E-state index is -0.368. The van der Waals surface area contributed by atoms with Crippen molar-refractivity contribution >= 4 is 5.97 Å². The van der Waals surface area contributed by atoms with Crippen LogP contribution in [0.2, 0.25) is 0 Å². The molecule has 4 heteroatoms. The Hall–Kier alpha value is -1.55. The van der Waals surface area contributed by atoms with Crippen molar-refractivity contribution in [1.29, 1.82) is 0 Å². The summed E-state index contributed by atoms with van der Waals surface area (Å²) in [7, 11) is 1.55. The third kappa shape index (κ3) is 2.47. The van der Waals surface area contributed by atoms with Gasteiger partial charge in [-0.1, -0.05) is 6.07 Å². The lowest BCUT2D eigenvalue weighted by atomic mass is 10.2. The van der Waals surface area contributed by atoms with Crippen LogP contribution in [0.3, 0.4) is 0 Å². The van der Waals surface area contributed by atoms with Crippen LogP contribution in [-0.2, 0) is 11.3 Å². The number of ether oxygens (including phenoxy) is 2. The Morgan fingerprint density at radius 1 is 1.50 bits per heavy atom. The van der Waals surface area contributed by atoms with Crippen molar-refractivity contribution in [2.45, 2.75) is 13.5 Å². The van der Waals surface area contributed by atoms with Crippen LogP contribution in [0.5, 0.6) is 11.5 Å². The highest BCUT2D eigenvalue weighted by atomic mass is 16.5. The second-order valence-corrected chi connectivity index (χ2v) is 2.77. The molecule has 1 aromatic carbocycles. The Labute approximate surface area is 82.6 Å². The highest BCUT2D eigenvalue weighted by Gasteiger charge is 2.06. The first-order chi connectivity index (χ1) is 6.67. The molecular formula is C10H13NO3. The van der Waals surface area contributed by atoms with Crippen molar-refractivity contribution in [2.75, 3.05) is 7.11 Å². The van der Waals surface area contributed by atoms with Gasteiger partial charge >= 0.3 is 5.97 Å². The Morgan fingerprint density at radius 2 is 2.21 bits per heavy atom. The molecule has 0 heterocycles. The van der Waals surface area contributed by atoms with Gasteiger partial charge in [0.15, 0.2) is 0 Å². The molecule has 0 spiro atoms. The molecule has 2 N–H and O–H groups in total. The summed E-state index contributed by atoms with van der Waals surface area (Å²) in [6, 6.07) is 5.19. The van der Waals surface area contributed by atoms with Crippen LogP contribution in [0, 0.1) is 0 Å². The number of hydrogen-bond acceptors (Lipinski definition) is 4. The molecule has 0 saturated carbocycles. The third-order valence-corrected chi connectivity index (χ3v) is 1.75. The Kier molecular flexibility index (Phi) is 3.48. The van der Waals surface area contributed by atoms with Crippen molar-refractivity contribution in [1.82, 2.24) is 0 Å². The molecule has 0 amide bonds. The van der Waals surface area contributed by atoms with E-state index in [0.29, 0.717) is 18.0 Å². The largest absolute Gasteiger partial charge is 0.497 e. The molecule has 0 saturated heterocycles. The maximum absolute atomic E-state index is 10.8. The Morgan fingerprint density at radius 3 is 2.71 bits per heavy atom. The zero-order valence-corrected chi connectivity index (χ0v) is 8.24. The number of nitrogens with two attached hydrogens (primary N) is 1. The summed E-state index contributed by atoms with van der Waals surface area (Å²) in [5.41, 5.74) is 6.26. The van der Waals surface area contributed by atoms with E-state index in [1.165, 1.54) is 6.92 Å². The fraction of sp³-hybridized carbons (Fsp3) is 0.300. The number of hydrogen-bond donors (Lipinski definition) is 1. The lowest BCUT2D eigenvalue weighted by Gasteiger charge is -2.08. The minimum absolute atomic E-state index is 0.326. The summed E-state index contributed by atoms with van der Waals surface area (Å²) in [6.07, 6.45) is 0. The molecule has 14 heavy (non-hydrogen) atoms. The maximum Gasteiger partial charge on any atom is 0.308 e. The van der Waals surface area contributed by atoms with Crippen LogP contribution in [0.15, 0.2) is 18.2 Å². The summed E-state index contributed by atoms with van der Waals surface area (Å²) in [6.45, 7) is 1.67. The monoisotopic (exact) mass is 195 g/mol. The van der Waals surface area contributed by atoms with E-state index in [0.717, 1.165) is 5.56 Å². The molecule has 1 rings (SSSR count). The fourth-order valence-electron chi connectivity index (χ4n) is 1.08. The molecule has 4 nitrogen and oxygen atoms in total. The number of benzene rings is 1. The quantitative estimate of drug-likeness (QED) is 0.579. The first-order valence-electron chi connectivity index (χ1n) is 4.22. The first-order valence-corrected chi connectivity index (χ1v) is 4.22. The van der Waals surface area contributed by atoms with E-state index in [1.54, 1.807) is 25.3 Å². The van der Waals surface area contributed by atoms with E-state index in [-0.39, 0.29) is 5.97 Å². The topological polar surface area (TPSA) is 61.6 Å². The smallest absolute Gasteiger partial charge is 0.308 e. The van der Waals surface area contributed by atoms with E-state index in [2.05, 4.69) is 0 Å². The Bertz CT molecular complexity index is 336. The molecule has 0 bridgehead atoms. The highest BCUT2D eigenvalue weighted by molar-refractivity contribution is 5.70. The van der Waals surface area contributed by atoms with Crippen molar-refractivity contribution in [2.24, 2.45) is 5.73 Å². The van der Waals surface area contributed by atoms with Crippen LogP contribution in [-0.4, -0.2) is 13.1 Å². The van der Waals surface area contributed by atoms with Crippen molar-refractivity contribution in [3.8, 4) is 11.5 Å². The van der Waals surface area contributed by atoms with E-state index < -0.39 is 0 Å². The Balaban J connectivity index is 3.01. The molecule has 0 unspecified atom stereocenters. The lowest BCUT2D eigenvalue weighted by Crippen LogP contribution is -2.06. The SMILES string of the molecule is COc1ccc(CN)c(OC(C)=O)c1. The molecule has 0 radical (unpaired) electrons. The summed E-state index contributed by atoms with van der Waals surface area (Å²) >= 11 is 0. The number of carbonyl (C=O) groups excluding carboxylic acids is 1. The molecule has 0 aliphatic heterocycles. The molecule has 76 valence electrons. The number of rotatable bonds is 3. The molecular weight excluding hydrogens is 182 g/mol. The van der Waals surface area contributed by atoms with Crippen LogP contribution < -0.4 is 15.2 Å². The van der Waals surface area contributed by atoms with Crippen LogP contribution >= 0.6 is 0 Å². The predicted octanol–water partition coefficient (Wildman–Crippen LogP) is 1.08. The fourth-order valence-corrected chi connectivity index (χ4v) is 1.08. The van der Waals surface area contributed by atoms with Gasteiger partial charge in [0, 0.05) is 25.1 Å². The maximum atomic E-state index is 10.8. The summed E-state index contributed by atoms with van der Waals surface area (Å²) < 4.78 is 9.98. The van der Waals surface area contributed by atoms with Crippen LogP contribution in [0.1, 0.15) is 12.5 Å². The van der Waals surface area contributed by atoms with Gasteiger partial charge in [0.25, 0.3) is 0 Å². The van der Waals surface area contributed by atoms with Gasteiger partial charge in [-0.2, -0.15) is 0 Å². The highest BCUT2D eigenvalue weighted by Crippen LogP contribution is 2.24. The van der Waals surface area contributed by atoms with Gasteiger partial charge in [-0.05, 0) is 6.07 Å². The van der Waals surface area contributed by atoms with E-state index in [4.69, 9.17) is 15.2 Å². The molecule has 0 fully saturated rings. The standard InChI is InChI=1S/C10H13NO3/c1-7(12)14-10-5-9(13-2)4-3-8(10)6-11/h3-5H,6,11H2,1-2H3. The van der Waals surface area contributed by atoms with E-state index >= 15 is 0 Å². The number of carbonyl (C=O) groups is 1. The predicted molar refractivity (Wildman–Crippen MR) is 52.2 cm³/mol. The van der Waals surface area contributed by atoms with Crippen LogP contribution in [0.25, 0.3) is 0 Å². The summed E-state index contributed by atoms with van der Waals surface area (Å²) in [4.78, 5) is 10.8. The first kappa shape index (κ1) is 10.5. The van der Waals surface area contributed by atoms with E-state index in [9.17, 15) is 4.79 Å². The molecule has 1 aromatic rings. The second-order valence-electron chi connectivity index (χ2n) is 2.77.